The van der Waals surface area contributed by atoms with Gasteiger partial charge in [0.1, 0.15) is 0 Å². The summed E-state index contributed by atoms with van der Waals surface area (Å²) in [5, 5.41) is 3.04. The summed E-state index contributed by atoms with van der Waals surface area (Å²) in [4.78, 5) is 12.2. The number of carbonyl (C=O) groups is 1. The second-order valence-corrected chi connectivity index (χ2v) is 6.49. The van der Waals surface area contributed by atoms with Gasteiger partial charge in [0.2, 0.25) is 5.91 Å². The minimum atomic E-state index is -0.0219. The third kappa shape index (κ3) is 3.60. The second kappa shape index (κ2) is 6.40. The molecule has 0 spiro atoms. The van der Waals surface area contributed by atoms with Gasteiger partial charge in [-0.15, -0.1) is 0 Å². The van der Waals surface area contributed by atoms with Gasteiger partial charge in [-0.2, -0.15) is 0 Å². The molecule has 1 amide bonds. The maximum absolute atomic E-state index is 12.2. The van der Waals surface area contributed by atoms with E-state index in [4.69, 9.17) is 5.73 Å². The van der Waals surface area contributed by atoms with Crippen LogP contribution in [0.25, 0.3) is 0 Å². The van der Waals surface area contributed by atoms with E-state index in [0.717, 1.165) is 18.5 Å². The maximum Gasteiger partial charge on any atom is 0.227 e. The molecule has 20 heavy (non-hydrogen) atoms. The zero-order valence-corrected chi connectivity index (χ0v) is 12.6. The van der Waals surface area contributed by atoms with E-state index in [9.17, 15) is 4.79 Å². The number of benzene rings is 1. The van der Waals surface area contributed by atoms with Crippen LogP contribution >= 0.6 is 0 Å². The van der Waals surface area contributed by atoms with Gasteiger partial charge in [-0.25, -0.2) is 0 Å². The van der Waals surface area contributed by atoms with E-state index in [1.54, 1.807) is 0 Å². The van der Waals surface area contributed by atoms with Gasteiger partial charge in [0.05, 0.1) is 0 Å². The van der Waals surface area contributed by atoms with Crippen molar-refractivity contribution < 1.29 is 4.79 Å². The van der Waals surface area contributed by atoms with Gasteiger partial charge in [0, 0.05) is 23.6 Å². The molecule has 0 aromatic heterocycles. The van der Waals surface area contributed by atoms with Crippen LogP contribution in [0.2, 0.25) is 0 Å². The predicted molar refractivity (Wildman–Crippen MR) is 83.7 cm³/mol. The standard InChI is InChI=1S/C17H26N2O/c1-17(2,12-18)14-8-10-15(11-9-14)19-16(20)13-6-4-3-5-7-13/h8-11,13H,3-7,12,18H2,1-2H3,(H,19,20). The molecule has 0 atom stereocenters. The molecule has 3 N–H and O–H groups in total. The molecule has 1 fully saturated rings. The highest BCUT2D eigenvalue weighted by Crippen LogP contribution is 2.26. The van der Waals surface area contributed by atoms with Gasteiger partial charge < -0.3 is 11.1 Å². The monoisotopic (exact) mass is 274 g/mol. The fourth-order valence-electron chi connectivity index (χ4n) is 2.73. The van der Waals surface area contributed by atoms with Crippen LogP contribution in [-0.2, 0) is 10.2 Å². The van der Waals surface area contributed by atoms with Crippen LogP contribution in [-0.4, -0.2) is 12.5 Å². The third-order valence-corrected chi connectivity index (χ3v) is 4.42. The molecule has 1 aliphatic rings. The first kappa shape index (κ1) is 15.0. The summed E-state index contributed by atoms with van der Waals surface area (Å²) < 4.78 is 0. The Morgan fingerprint density at radius 2 is 1.80 bits per heavy atom. The summed E-state index contributed by atoms with van der Waals surface area (Å²) in [6.45, 7) is 4.87. The Morgan fingerprint density at radius 3 is 2.35 bits per heavy atom. The fraction of sp³-hybridized carbons (Fsp3) is 0.588. The normalized spacial score (nSPS) is 16.9. The molecule has 0 saturated heterocycles. The first-order valence-electron chi connectivity index (χ1n) is 7.64. The number of rotatable bonds is 4. The maximum atomic E-state index is 12.2. The number of anilines is 1. The molecule has 0 unspecified atom stereocenters. The van der Waals surface area contributed by atoms with Crippen LogP contribution in [0.15, 0.2) is 24.3 Å². The van der Waals surface area contributed by atoms with Crippen LogP contribution in [0.5, 0.6) is 0 Å². The van der Waals surface area contributed by atoms with Crippen molar-refractivity contribution in [2.24, 2.45) is 11.7 Å². The van der Waals surface area contributed by atoms with Gasteiger partial charge in [-0.3, -0.25) is 4.79 Å². The minimum absolute atomic E-state index is 0.0219. The Bertz CT molecular complexity index is 445. The van der Waals surface area contributed by atoms with Gasteiger partial charge >= 0.3 is 0 Å². The number of nitrogens with two attached hydrogens (primary N) is 1. The lowest BCUT2D eigenvalue weighted by Gasteiger charge is -2.24. The van der Waals surface area contributed by atoms with Crippen molar-refractivity contribution >= 4 is 11.6 Å². The second-order valence-electron chi connectivity index (χ2n) is 6.49. The van der Waals surface area contributed by atoms with Crippen molar-refractivity contribution in [1.82, 2.24) is 0 Å². The Balaban J connectivity index is 1.98. The highest BCUT2D eigenvalue weighted by Gasteiger charge is 2.21. The summed E-state index contributed by atoms with van der Waals surface area (Å²) in [6.07, 6.45) is 5.70. The molecule has 1 aromatic carbocycles. The summed E-state index contributed by atoms with van der Waals surface area (Å²) in [6, 6.07) is 8.08. The van der Waals surface area contributed by atoms with Crippen LogP contribution in [0, 0.1) is 5.92 Å². The molecule has 2 rings (SSSR count). The summed E-state index contributed by atoms with van der Waals surface area (Å²) in [5.41, 5.74) is 7.85. The fourth-order valence-corrected chi connectivity index (χ4v) is 2.73. The Hall–Kier alpha value is -1.35. The number of carbonyl (C=O) groups excluding carboxylic acids is 1. The number of amides is 1. The molecule has 0 bridgehead atoms. The van der Waals surface area contributed by atoms with E-state index in [2.05, 4.69) is 31.3 Å². The molecule has 0 heterocycles. The highest BCUT2D eigenvalue weighted by molar-refractivity contribution is 5.92. The van der Waals surface area contributed by atoms with Crippen molar-refractivity contribution in [3.05, 3.63) is 29.8 Å². The van der Waals surface area contributed by atoms with Gasteiger partial charge in [-0.05, 0) is 30.5 Å². The van der Waals surface area contributed by atoms with E-state index in [0.29, 0.717) is 6.54 Å². The van der Waals surface area contributed by atoms with Crippen molar-refractivity contribution in [2.45, 2.75) is 51.4 Å². The Morgan fingerprint density at radius 1 is 1.20 bits per heavy atom. The van der Waals surface area contributed by atoms with E-state index in [1.807, 2.05) is 12.1 Å². The SMILES string of the molecule is CC(C)(CN)c1ccc(NC(=O)C2CCCCC2)cc1. The Kier molecular flexibility index (Phi) is 4.81. The van der Waals surface area contributed by atoms with E-state index >= 15 is 0 Å². The minimum Gasteiger partial charge on any atom is -0.330 e. The van der Waals surface area contributed by atoms with Crippen molar-refractivity contribution in [3.63, 3.8) is 0 Å². The largest absolute Gasteiger partial charge is 0.330 e. The predicted octanol–water partition coefficient (Wildman–Crippen LogP) is 3.44. The lowest BCUT2D eigenvalue weighted by atomic mass is 9.85. The summed E-state index contributed by atoms with van der Waals surface area (Å²) in [5.74, 6) is 0.374. The average Bonchev–Trinajstić information content (AvgIpc) is 2.48. The van der Waals surface area contributed by atoms with Gasteiger partial charge in [0.15, 0.2) is 0 Å². The molecular weight excluding hydrogens is 248 g/mol. The number of hydrogen-bond acceptors (Lipinski definition) is 2. The van der Waals surface area contributed by atoms with E-state index in [1.165, 1.54) is 24.8 Å². The number of hydrogen-bond donors (Lipinski definition) is 2. The molecule has 110 valence electrons. The average molecular weight is 274 g/mol. The molecule has 0 radical (unpaired) electrons. The molecular formula is C17H26N2O. The lowest BCUT2D eigenvalue weighted by Crippen LogP contribution is -2.28. The van der Waals surface area contributed by atoms with Crippen molar-refractivity contribution in [1.29, 1.82) is 0 Å². The van der Waals surface area contributed by atoms with Crippen LogP contribution in [0.4, 0.5) is 5.69 Å². The zero-order chi connectivity index (χ0) is 14.6. The smallest absolute Gasteiger partial charge is 0.227 e. The molecule has 1 aromatic rings. The van der Waals surface area contributed by atoms with Crippen LogP contribution in [0.3, 0.4) is 0 Å². The first-order chi connectivity index (χ1) is 9.53. The summed E-state index contributed by atoms with van der Waals surface area (Å²) >= 11 is 0. The summed E-state index contributed by atoms with van der Waals surface area (Å²) in [7, 11) is 0. The Labute approximate surface area is 121 Å². The molecule has 3 heteroatoms. The lowest BCUT2D eigenvalue weighted by molar-refractivity contribution is -0.120. The van der Waals surface area contributed by atoms with Crippen LogP contribution < -0.4 is 11.1 Å². The zero-order valence-electron chi connectivity index (χ0n) is 12.6. The molecule has 1 aliphatic carbocycles. The van der Waals surface area contributed by atoms with Crippen molar-refractivity contribution in [2.75, 3.05) is 11.9 Å². The first-order valence-corrected chi connectivity index (χ1v) is 7.64. The van der Waals surface area contributed by atoms with Crippen molar-refractivity contribution in [3.8, 4) is 0 Å². The number of nitrogens with one attached hydrogen (secondary N) is 1. The topological polar surface area (TPSA) is 55.1 Å². The molecule has 1 saturated carbocycles. The van der Waals surface area contributed by atoms with E-state index in [-0.39, 0.29) is 17.2 Å². The quantitative estimate of drug-likeness (QED) is 0.883. The molecule has 0 aliphatic heterocycles. The molecule has 3 nitrogen and oxygen atoms in total. The highest BCUT2D eigenvalue weighted by atomic mass is 16.1. The van der Waals surface area contributed by atoms with Gasteiger partial charge in [0.25, 0.3) is 0 Å². The van der Waals surface area contributed by atoms with Gasteiger partial charge in [-0.1, -0.05) is 45.2 Å². The third-order valence-electron chi connectivity index (χ3n) is 4.42. The van der Waals surface area contributed by atoms with Crippen LogP contribution in [0.1, 0.15) is 51.5 Å². The van der Waals surface area contributed by atoms with E-state index < -0.39 is 0 Å².